The first-order valence-electron chi connectivity index (χ1n) is 6.88. The van der Waals surface area contributed by atoms with Crippen LogP contribution in [0.15, 0.2) is 0 Å². The molecule has 0 spiro atoms. The molecule has 2 aliphatic rings. The van der Waals surface area contributed by atoms with Gasteiger partial charge in [0, 0.05) is 25.2 Å². The molecule has 16 heavy (non-hydrogen) atoms. The minimum absolute atomic E-state index is 0.454. The zero-order valence-electron chi connectivity index (χ0n) is 10.7. The summed E-state index contributed by atoms with van der Waals surface area (Å²) in [6.07, 6.45) is 5.43. The van der Waals surface area contributed by atoms with Gasteiger partial charge in [0.15, 0.2) is 0 Å². The van der Waals surface area contributed by atoms with E-state index in [-0.39, 0.29) is 0 Å². The first kappa shape index (κ1) is 12.3. The van der Waals surface area contributed by atoms with Crippen LogP contribution in [0, 0.1) is 0 Å². The van der Waals surface area contributed by atoms with Crippen LogP contribution in [0.3, 0.4) is 0 Å². The number of hydrogen-bond donors (Lipinski definition) is 1. The van der Waals surface area contributed by atoms with Crippen LogP contribution < -0.4 is 5.32 Å². The van der Waals surface area contributed by atoms with Gasteiger partial charge in [-0.25, -0.2) is 0 Å². The Morgan fingerprint density at radius 3 is 3.06 bits per heavy atom. The average Bonchev–Trinajstić information content (AvgIpc) is 2.54. The van der Waals surface area contributed by atoms with E-state index in [2.05, 4.69) is 24.1 Å². The van der Waals surface area contributed by atoms with Crippen molar-refractivity contribution < 1.29 is 4.74 Å². The molecule has 2 fully saturated rings. The van der Waals surface area contributed by atoms with Crippen LogP contribution in [0.25, 0.3) is 0 Å². The summed E-state index contributed by atoms with van der Waals surface area (Å²) in [5.41, 5.74) is 0. The number of ether oxygens (including phenoxy) is 1. The second-order valence-electron chi connectivity index (χ2n) is 5.27. The van der Waals surface area contributed by atoms with Crippen LogP contribution in [0.4, 0.5) is 0 Å². The normalized spacial score (nSPS) is 38.2. The van der Waals surface area contributed by atoms with Crippen molar-refractivity contribution in [2.75, 3.05) is 26.2 Å². The molecular weight excluding hydrogens is 200 g/mol. The predicted molar refractivity (Wildman–Crippen MR) is 66.7 cm³/mol. The third-order valence-corrected chi connectivity index (χ3v) is 3.98. The molecule has 94 valence electrons. The Hall–Kier alpha value is -0.120. The van der Waals surface area contributed by atoms with Gasteiger partial charge in [0.05, 0.1) is 6.10 Å². The van der Waals surface area contributed by atoms with E-state index in [0.29, 0.717) is 12.1 Å². The lowest BCUT2D eigenvalue weighted by Crippen LogP contribution is -2.46. The van der Waals surface area contributed by atoms with Gasteiger partial charge in [-0.1, -0.05) is 6.92 Å². The van der Waals surface area contributed by atoms with E-state index in [1.54, 1.807) is 0 Å². The lowest BCUT2D eigenvalue weighted by atomic mass is 10.0. The zero-order valence-corrected chi connectivity index (χ0v) is 10.7. The minimum Gasteiger partial charge on any atom is -0.378 e. The number of nitrogens with one attached hydrogen (secondary N) is 1. The second-order valence-corrected chi connectivity index (χ2v) is 5.27. The molecule has 3 atom stereocenters. The molecule has 3 nitrogen and oxygen atoms in total. The van der Waals surface area contributed by atoms with Crippen molar-refractivity contribution >= 4 is 0 Å². The van der Waals surface area contributed by atoms with E-state index < -0.39 is 0 Å². The molecule has 2 rings (SSSR count). The molecule has 0 saturated carbocycles. The zero-order chi connectivity index (χ0) is 11.4. The molecule has 3 unspecified atom stereocenters. The summed E-state index contributed by atoms with van der Waals surface area (Å²) >= 11 is 0. The van der Waals surface area contributed by atoms with Crippen molar-refractivity contribution in [1.29, 1.82) is 0 Å². The standard InChI is InChI=1S/C13H26N2O/c1-3-12-10-15(7-4-6-14-12)13-5-8-16-11(2)9-13/h11-14H,3-10H2,1-2H3. The molecule has 0 bridgehead atoms. The van der Waals surface area contributed by atoms with Gasteiger partial charge in [-0.05, 0) is 45.7 Å². The number of rotatable bonds is 2. The van der Waals surface area contributed by atoms with Gasteiger partial charge in [0.2, 0.25) is 0 Å². The maximum atomic E-state index is 5.64. The Bertz CT molecular complexity index is 210. The Morgan fingerprint density at radius 1 is 1.44 bits per heavy atom. The van der Waals surface area contributed by atoms with Crippen molar-refractivity contribution in [3.8, 4) is 0 Å². The van der Waals surface area contributed by atoms with Gasteiger partial charge in [-0.15, -0.1) is 0 Å². The number of hydrogen-bond acceptors (Lipinski definition) is 3. The van der Waals surface area contributed by atoms with Crippen LogP contribution >= 0.6 is 0 Å². The van der Waals surface area contributed by atoms with Crippen LogP contribution in [0.5, 0.6) is 0 Å². The minimum atomic E-state index is 0.454. The Balaban J connectivity index is 1.90. The van der Waals surface area contributed by atoms with E-state index >= 15 is 0 Å². The van der Waals surface area contributed by atoms with Gasteiger partial charge in [0.25, 0.3) is 0 Å². The summed E-state index contributed by atoms with van der Waals surface area (Å²) < 4.78 is 5.64. The highest BCUT2D eigenvalue weighted by molar-refractivity contribution is 4.83. The fourth-order valence-electron chi connectivity index (χ4n) is 2.94. The fourth-order valence-corrected chi connectivity index (χ4v) is 2.94. The highest BCUT2D eigenvalue weighted by atomic mass is 16.5. The van der Waals surface area contributed by atoms with Crippen LogP contribution in [-0.4, -0.2) is 49.3 Å². The molecule has 0 aromatic carbocycles. The topological polar surface area (TPSA) is 24.5 Å². The monoisotopic (exact) mass is 226 g/mol. The summed E-state index contributed by atoms with van der Waals surface area (Å²) in [6.45, 7) is 9.13. The Labute approximate surface area is 99.5 Å². The largest absolute Gasteiger partial charge is 0.378 e. The van der Waals surface area contributed by atoms with Crippen molar-refractivity contribution in [3.05, 3.63) is 0 Å². The van der Waals surface area contributed by atoms with Gasteiger partial charge in [-0.2, -0.15) is 0 Å². The fraction of sp³-hybridized carbons (Fsp3) is 1.00. The van der Waals surface area contributed by atoms with Gasteiger partial charge >= 0.3 is 0 Å². The summed E-state index contributed by atoms with van der Waals surface area (Å²) in [6, 6.07) is 1.46. The van der Waals surface area contributed by atoms with Crippen LogP contribution in [0.2, 0.25) is 0 Å². The molecule has 2 saturated heterocycles. The third kappa shape index (κ3) is 3.19. The molecule has 1 N–H and O–H groups in total. The quantitative estimate of drug-likeness (QED) is 0.774. The van der Waals surface area contributed by atoms with E-state index in [9.17, 15) is 0 Å². The predicted octanol–water partition coefficient (Wildman–Crippen LogP) is 1.63. The van der Waals surface area contributed by atoms with E-state index in [4.69, 9.17) is 4.74 Å². The van der Waals surface area contributed by atoms with Gasteiger partial charge in [0.1, 0.15) is 0 Å². The molecule has 0 aromatic rings. The van der Waals surface area contributed by atoms with E-state index in [1.807, 2.05) is 0 Å². The van der Waals surface area contributed by atoms with Crippen molar-refractivity contribution in [1.82, 2.24) is 10.2 Å². The molecule has 0 radical (unpaired) electrons. The highest BCUT2D eigenvalue weighted by Crippen LogP contribution is 2.20. The Kier molecular flexibility index (Phi) is 4.62. The van der Waals surface area contributed by atoms with E-state index in [1.165, 1.54) is 45.3 Å². The highest BCUT2D eigenvalue weighted by Gasteiger charge is 2.27. The van der Waals surface area contributed by atoms with Crippen LogP contribution in [0.1, 0.15) is 39.5 Å². The first-order chi connectivity index (χ1) is 7.79. The smallest absolute Gasteiger partial charge is 0.0561 e. The van der Waals surface area contributed by atoms with Crippen LogP contribution in [-0.2, 0) is 4.74 Å². The average molecular weight is 226 g/mol. The summed E-state index contributed by atoms with van der Waals surface area (Å²) in [4.78, 5) is 2.70. The second kappa shape index (κ2) is 5.99. The van der Waals surface area contributed by atoms with Crippen molar-refractivity contribution in [3.63, 3.8) is 0 Å². The molecule has 2 aliphatic heterocycles. The molecule has 0 amide bonds. The lowest BCUT2D eigenvalue weighted by molar-refractivity contribution is -0.0177. The van der Waals surface area contributed by atoms with E-state index in [0.717, 1.165) is 12.6 Å². The summed E-state index contributed by atoms with van der Waals surface area (Å²) in [5, 5.41) is 3.64. The number of nitrogens with zero attached hydrogens (tertiary/aromatic N) is 1. The SMILES string of the molecule is CCC1CN(C2CCOC(C)C2)CCCN1. The molecule has 2 heterocycles. The van der Waals surface area contributed by atoms with Gasteiger partial charge < -0.3 is 10.1 Å². The Morgan fingerprint density at radius 2 is 2.31 bits per heavy atom. The molecule has 3 heteroatoms. The lowest BCUT2D eigenvalue weighted by Gasteiger charge is -2.37. The van der Waals surface area contributed by atoms with Crippen molar-refractivity contribution in [2.24, 2.45) is 0 Å². The molecule has 0 aliphatic carbocycles. The maximum Gasteiger partial charge on any atom is 0.0561 e. The maximum absolute atomic E-state index is 5.64. The van der Waals surface area contributed by atoms with Gasteiger partial charge in [-0.3, -0.25) is 4.90 Å². The summed E-state index contributed by atoms with van der Waals surface area (Å²) in [5.74, 6) is 0. The summed E-state index contributed by atoms with van der Waals surface area (Å²) in [7, 11) is 0. The first-order valence-corrected chi connectivity index (χ1v) is 6.88. The third-order valence-electron chi connectivity index (χ3n) is 3.98. The molecular formula is C13H26N2O. The molecule has 0 aromatic heterocycles. The van der Waals surface area contributed by atoms with Crippen molar-refractivity contribution in [2.45, 2.75) is 57.7 Å².